The maximum Gasteiger partial charge on any atom is 0.416 e. The van der Waals surface area contributed by atoms with Crippen LogP contribution in [-0.2, 0) is 40.8 Å². The fourth-order valence-electron chi connectivity index (χ4n) is 5.37. The summed E-state index contributed by atoms with van der Waals surface area (Å²) < 4.78 is 116. The number of carbonyl (C=O) groups is 2. The fraction of sp³-hybridized carbons (Fsp3) is 0.500. The number of rotatable bonds is 4. The summed E-state index contributed by atoms with van der Waals surface area (Å²) in [6.07, 6.45) is -11.5. The van der Waals surface area contributed by atoms with Gasteiger partial charge >= 0.3 is 18.4 Å². The van der Waals surface area contributed by atoms with Crippen molar-refractivity contribution >= 4 is 17.7 Å². The molecule has 1 aliphatic carbocycles. The van der Waals surface area contributed by atoms with Crippen LogP contribution in [0.1, 0.15) is 79.5 Å². The molecule has 13 heteroatoms. The van der Waals surface area contributed by atoms with Gasteiger partial charge in [0, 0.05) is 32.0 Å². The van der Waals surface area contributed by atoms with Gasteiger partial charge in [-0.1, -0.05) is 6.07 Å². The molecule has 0 saturated carbocycles. The van der Waals surface area contributed by atoms with Gasteiger partial charge in [0.1, 0.15) is 0 Å². The van der Waals surface area contributed by atoms with E-state index in [1.54, 1.807) is 13.8 Å². The topological polar surface area (TPSA) is 49.9 Å². The average Bonchev–Trinajstić information content (AvgIpc) is 3.02. The summed E-state index contributed by atoms with van der Waals surface area (Å²) in [5.74, 6) is -3.82. The van der Waals surface area contributed by atoms with Crippen molar-refractivity contribution in [2.24, 2.45) is 0 Å². The molecule has 2 aliphatic rings. The first-order valence-corrected chi connectivity index (χ1v) is 13.0. The van der Waals surface area contributed by atoms with Crippen LogP contribution in [0.2, 0.25) is 0 Å². The van der Waals surface area contributed by atoms with Crippen molar-refractivity contribution in [2.75, 3.05) is 11.4 Å². The average molecular weight is 593 g/mol. The molecule has 0 saturated heterocycles. The summed E-state index contributed by atoms with van der Waals surface area (Å²) in [5.41, 5.74) is -3.08. The predicted octanol–water partition coefficient (Wildman–Crippen LogP) is 8.00. The number of benzene rings is 2. The zero-order valence-corrected chi connectivity index (χ0v) is 22.4. The molecule has 0 N–H and O–H groups in total. The third kappa shape index (κ3) is 6.43. The molecule has 0 aromatic heterocycles. The Hall–Kier alpha value is -3.38. The molecule has 2 amide bonds. The van der Waals surface area contributed by atoms with E-state index in [1.807, 2.05) is 0 Å². The highest BCUT2D eigenvalue weighted by Crippen LogP contribution is 2.48. The monoisotopic (exact) mass is 592 g/mol. The second-order valence-corrected chi connectivity index (χ2v) is 10.6. The van der Waals surface area contributed by atoms with Crippen molar-refractivity contribution in [3.8, 4) is 0 Å². The first-order valence-electron chi connectivity index (χ1n) is 13.0. The molecule has 5 nitrogen and oxygen atoms in total. The van der Waals surface area contributed by atoms with Gasteiger partial charge in [-0.25, -0.2) is 13.6 Å². The van der Waals surface area contributed by atoms with Crippen molar-refractivity contribution in [1.29, 1.82) is 0 Å². The highest BCUT2D eigenvalue weighted by atomic mass is 19.4. The van der Waals surface area contributed by atoms with Crippen molar-refractivity contribution in [1.82, 2.24) is 4.90 Å². The number of hydrogen-bond donors (Lipinski definition) is 0. The van der Waals surface area contributed by atoms with Crippen LogP contribution < -0.4 is 4.90 Å². The molecule has 41 heavy (non-hydrogen) atoms. The smallest absolute Gasteiger partial charge is 0.416 e. The lowest BCUT2D eigenvalue weighted by Gasteiger charge is -2.33. The molecule has 1 atom stereocenters. The Kier molecular flexibility index (Phi) is 8.05. The zero-order valence-electron chi connectivity index (χ0n) is 22.4. The van der Waals surface area contributed by atoms with Gasteiger partial charge in [0.05, 0.1) is 29.0 Å². The molecular formula is C28H28F8N2O3. The van der Waals surface area contributed by atoms with E-state index < -0.39 is 72.1 Å². The first kappa shape index (κ1) is 30.6. The summed E-state index contributed by atoms with van der Waals surface area (Å²) in [6, 6.07) is 2.83. The molecule has 0 spiro atoms. The van der Waals surface area contributed by atoms with Crippen LogP contribution in [0.25, 0.3) is 0 Å². The van der Waals surface area contributed by atoms with E-state index in [9.17, 15) is 44.7 Å². The van der Waals surface area contributed by atoms with Crippen LogP contribution in [0.3, 0.4) is 0 Å². The van der Waals surface area contributed by atoms with Gasteiger partial charge in [-0.15, -0.1) is 0 Å². The number of fused-ring (bicyclic) bond motifs is 2. The van der Waals surface area contributed by atoms with Gasteiger partial charge in [-0.05, 0) is 74.1 Å². The minimum absolute atomic E-state index is 0.00421. The molecule has 0 radical (unpaired) electrons. The fourth-order valence-corrected chi connectivity index (χ4v) is 5.37. The van der Waals surface area contributed by atoms with E-state index in [-0.39, 0.29) is 48.7 Å². The molecular weight excluding hydrogens is 564 g/mol. The number of hydrogen-bond acceptors (Lipinski definition) is 3. The molecule has 0 bridgehead atoms. The Morgan fingerprint density at radius 3 is 2.17 bits per heavy atom. The van der Waals surface area contributed by atoms with E-state index in [4.69, 9.17) is 4.74 Å². The van der Waals surface area contributed by atoms with Gasteiger partial charge < -0.3 is 9.64 Å². The van der Waals surface area contributed by atoms with Gasteiger partial charge in [0.25, 0.3) is 5.92 Å². The number of carbonyl (C=O) groups excluding carboxylic acids is 2. The second-order valence-electron chi connectivity index (χ2n) is 10.6. The normalized spacial score (nSPS) is 18.5. The third-order valence-electron chi connectivity index (χ3n) is 7.20. The summed E-state index contributed by atoms with van der Waals surface area (Å²) in [7, 11) is 0. The van der Waals surface area contributed by atoms with Crippen LogP contribution in [-0.4, -0.2) is 29.5 Å². The molecule has 1 heterocycles. The predicted molar refractivity (Wildman–Crippen MR) is 132 cm³/mol. The highest BCUT2D eigenvalue weighted by Gasteiger charge is 2.43. The maximum absolute atomic E-state index is 14.7. The van der Waals surface area contributed by atoms with Crippen molar-refractivity contribution in [3.63, 3.8) is 0 Å². The summed E-state index contributed by atoms with van der Waals surface area (Å²) in [4.78, 5) is 28.2. The minimum atomic E-state index is -5.07. The van der Waals surface area contributed by atoms with E-state index in [0.29, 0.717) is 17.7 Å². The minimum Gasteiger partial charge on any atom is -0.446 e. The number of amides is 2. The van der Waals surface area contributed by atoms with E-state index in [1.165, 1.54) is 17.0 Å². The SMILES string of the molecule is CC(=O)N(Cc1cc(C(F)(F)F)cc(C(F)(F)F)c1)C1CCCN(C(=O)OC(C)C)c2cc3c(cc21)CCC3(F)F. The Balaban J connectivity index is 1.83. The van der Waals surface area contributed by atoms with Gasteiger partial charge in [0.15, 0.2) is 0 Å². The number of anilines is 1. The van der Waals surface area contributed by atoms with Crippen LogP contribution in [0, 0.1) is 0 Å². The molecule has 224 valence electrons. The van der Waals surface area contributed by atoms with E-state index in [2.05, 4.69) is 0 Å². The molecule has 4 rings (SSSR count). The third-order valence-corrected chi connectivity index (χ3v) is 7.20. The lowest BCUT2D eigenvalue weighted by molar-refractivity contribution is -0.143. The van der Waals surface area contributed by atoms with Crippen molar-refractivity contribution in [3.05, 3.63) is 63.7 Å². The summed E-state index contributed by atoms with van der Waals surface area (Å²) in [5, 5.41) is 0. The molecule has 1 unspecified atom stereocenters. The maximum atomic E-state index is 14.7. The van der Waals surface area contributed by atoms with E-state index in [0.717, 1.165) is 11.8 Å². The number of nitrogens with zero attached hydrogens (tertiary/aromatic N) is 2. The standard InChI is InChI=1S/C28H28F8N2O3/c1-15(2)41-25(40)37-8-4-5-23(21-11-18-6-7-26(29,30)22(18)13-24(21)37)38(16(3)39)14-17-9-19(27(31,32)33)12-20(10-17)28(34,35)36/h9-13,15,23H,4-8,14H2,1-3H3. The molecule has 2 aromatic carbocycles. The molecule has 2 aromatic rings. The zero-order chi connectivity index (χ0) is 30.5. The van der Waals surface area contributed by atoms with E-state index >= 15 is 0 Å². The van der Waals surface area contributed by atoms with Gasteiger partial charge in [0.2, 0.25) is 5.91 Å². The Morgan fingerprint density at radius 1 is 1.02 bits per heavy atom. The highest BCUT2D eigenvalue weighted by molar-refractivity contribution is 5.90. The quantitative estimate of drug-likeness (QED) is 0.338. The lowest BCUT2D eigenvalue weighted by atomic mass is 9.94. The Morgan fingerprint density at radius 2 is 1.63 bits per heavy atom. The Bertz CT molecular complexity index is 1300. The number of halogens is 8. The largest absolute Gasteiger partial charge is 0.446 e. The number of ether oxygens (including phenoxy) is 1. The van der Waals surface area contributed by atoms with Crippen molar-refractivity contribution in [2.45, 2.75) is 83.4 Å². The molecule has 0 fully saturated rings. The van der Waals surface area contributed by atoms with Crippen LogP contribution in [0.4, 0.5) is 45.6 Å². The van der Waals surface area contributed by atoms with Crippen LogP contribution in [0.5, 0.6) is 0 Å². The number of aryl methyl sites for hydroxylation is 1. The van der Waals surface area contributed by atoms with Crippen LogP contribution >= 0.6 is 0 Å². The van der Waals surface area contributed by atoms with Crippen LogP contribution in [0.15, 0.2) is 30.3 Å². The van der Waals surface area contributed by atoms with Gasteiger partial charge in [-0.2, -0.15) is 26.3 Å². The Labute approximate surface area is 231 Å². The van der Waals surface area contributed by atoms with Gasteiger partial charge in [-0.3, -0.25) is 9.69 Å². The molecule has 1 aliphatic heterocycles. The summed E-state index contributed by atoms with van der Waals surface area (Å²) >= 11 is 0. The van der Waals surface area contributed by atoms with Crippen molar-refractivity contribution < 1.29 is 49.4 Å². The first-order chi connectivity index (χ1) is 18.9. The summed E-state index contributed by atoms with van der Waals surface area (Å²) in [6.45, 7) is 3.76. The lowest BCUT2D eigenvalue weighted by Crippen LogP contribution is -2.35. The second kappa shape index (κ2) is 10.8. The number of alkyl halides is 8.